The molecule has 0 aromatic carbocycles. The molecule has 2 unspecified atom stereocenters. The van der Waals surface area contributed by atoms with Crippen LogP contribution < -0.4 is 5.73 Å². The molecule has 2 nitrogen and oxygen atoms in total. The predicted molar refractivity (Wildman–Crippen MR) is 57.9 cm³/mol. The number of rotatable bonds is 6. The van der Waals surface area contributed by atoms with Crippen LogP contribution in [0.2, 0.25) is 0 Å². The summed E-state index contributed by atoms with van der Waals surface area (Å²) in [7, 11) is 0. The third kappa shape index (κ3) is 3.17. The van der Waals surface area contributed by atoms with Crippen LogP contribution in [0.15, 0.2) is 0 Å². The Bertz CT molecular complexity index is 110. The fourth-order valence-electron chi connectivity index (χ4n) is 1.24. The smallest absolute Gasteiger partial charge is 0.0521 e. The van der Waals surface area contributed by atoms with E-state index in [1.54, 1.807) is 0 Å². The largest absolute Gasteiger partial charge is 0.396 e. The molecule has 0 bridgehead atoms. The summed E-state index contributed by atoms with van der Waals surface area (Å²) in [5, 5.41) is 10.2. The van der Waals surface area contributed by atoms with Crippen LogP contribution in [0.3, 0.4) is 0 Å². The molecule has 2 atom stereocenters. The second-order valence-corrected chi connectivity index (χ2v) is 5.60. The third-order valence-electron chi connectivity index (χ3n) is 2.02. The van der Waals surface area contributed by atoms with Gasteiger partial charge in [0.1, 0.15) is 0 Å². The number of aliphatic hydroxyl groups is 1. The molecule has 1 saturated carbocycles. The molecule has 0 heterocycles. The zero-order valence-electron chi connectivity index (χ0n) is 7.24. The maximum absolute atomic E-state index is 8.65. The molecule has 0 amide bonds. The van der Waals surface area contributed by atoms with Gasteiger partial charge in [0.2, 0.25) is 0 Å². The number of thioether (sulfide) groups is 2. The zero-order chi connectivity index (χ0) is 8.81. The zero-order valence-corrected chi connectivity index (χ0v) is 8.87. The SMILES string of the molecule is NCCSC1CCC1SCCO. The van der Waals surface area contributed by atoms with Crippen molar-refractivity contribution in [1.29, 1.82) is 0 Å². The van der Waals surface area contributed by atoms with Gasteiger partial charge in [-0.1, -0.05) is 0 Å². The first-order chi connectivity index (χ1) is 5.88. The van der Waals surface area contributed by atoms with Crippen molar-refractivity contribution in [2.45, 2.75) is 23.3 Å². The Morgan fingerprint density at radius 3 is 2.17 bits per heavy atom. The molecule has 0 aromatic heterocycles. The van der Waals surface area contributed by atoms with Gasteiger partial charge < -0.3 is 10.8 Å². The van der Waals surface area contributed by atoms with E-state index in [-0.39, 0.29) is 0 Å². The number of hydrogen-bond acceptors (Lipinski definition) is 4. The van der Waals surface area contributed by atoms with Gasteiger partial charge in [0.15, 0.2) is 0 Å². The Kier molecular flexibility index (Phi) is 5.47. The first-order valence-corrected chi connectivity index (χ1v) is 6.52. The highest BCUT2D eigenvalue weighted by molar-refractivity contribution is 8.04. The van der Waals surface area contributed by atoms with Crippen LogP contribution in [-0.2, 0) is 0 Å². The fraction of sp³-hybridized carbons (Fsp3) is 1.00. The van der Waals surface area contributed by atoms with E-state index in [1.165, 1.54) is 12.8 Å². The molecule has 12 heavy (non-hydrogen) atoms. The molecule has 0 aliphatic heterocycles. The van der Waals surface area contributed by atoms with Gasteiger partial charge in [0.05, 0.1) is 6.61 Å². The molecule has 0 aromatic rings. The lowest BCUT2D eigenvalue weighted by atomic mass is 9.99. The lowest BCUT2D eigenvalue weighted by molar-refractivity contribution is 0.322. The quantitative estimate of drug-likeness (QED) is 0.680. The second-order valence-electron chi connectivity index (χ2n) is 2.91. The van der Waals surface area contributed by atoms with E-state index in [0.29, 0.717) is 6.61 Å². The van der Waals surface area contributed by atoms with Crippen LogP contribution in [0.25, 0.3) is 0 Å². The van der Waals surface area contributed by atoms with Gasteiger partial charge >= 0.3 is 0 Å². The lowest BCUT2D eigenvalue weighted by Crippen LogP contribution is -2.32. The maximum Gasteiger partial charge on any atom is 0.0521 e. The molecule has 0 radical (unpaired) electrons. The van der Waals surface area contributed by atoms with Gasteiger partial charge in [0, 0.05) is 28.6 Å². The highest BCUT2D eigenvalue weighted by Crippen LogP contribution is 2.39. The molecule has 0 saturated heterocycles. The topological polar surface area (TPSA) is 46.2 Å². The first kappa shape index (κ1) is 10.7. The van der Waals surface area contributed by atoms with Crippen molar-refractivity contribution in [1.82, 2.24) is 0 Å². The van der Waals surface area contributed by atoms with Crippen LogP contribution in [-0.4, -0.2) is 40.3 Å². The average molecular weight is 207 g/mol. The Labute approximate surface area is 82.7 Å². The molecule has 4 heteroatoms. The van der Waals surface area contributed by atoms with Gasteiger partial charge in [-0.05, 0) is 12.8 Å². The lowest BCUT2D eigenvalue weighted by Gasteiger charge is -2.35. The van der Waals surface area contributed by atoms with Crippen molar-refractivity contribution in [3.05, 3.63) is 0 Å². The van der Waals surface area contributed by atoms with Crippen molar-refractivity contribution in [3.8, 4) is 0 Å². The molecular weight excluding hydrogens is 190 g/mol. The Morgan fingerprint density at radius 2 is 1.75 bits per heavy atom. The number of nitrogens with two attached hydrogens (primary N) is 1. The summed E-state index contributed by atoms with van der Waals surface area (Å²) in [5.41, 5.74) is 5.43. The van der Waals surface area contributed by atoms with Gasteiger partial charge in [-0.2, -0.15) is 23.5 Å². The molecular formula is C8H17NOS2. The molecule has 72 valence electrons. The normalized spacial score (nSPS) is 28.5. The standard InChI is InChI=1S/C8H17NOS2/c9-3-5-11-7-1-2-8(7)12-6-4-10/h7-8,10H,1-6,9H2. The molecule has 1 aliphatic rings. The Balaban J connectivity index is 2.03. The Hall–Kier alpha value is 0.620. The van der Waals surface area contributed by atoms with E-state index < -0.39 is 0 Å². The minimum absolute atomic E-state index is 0.315. The van der Waals surface area contributed by atoms with Gasteiger partial charge in [-0.15, -0.1) is 0 Å². The van der Waals surface area contributed by atoms with E-state index in [4.69, 9.17) is 10.8 Å². The summed E-state index contributed by atoms with van der Waals surface area (Å²) < 4.78 is 0. The van der Waals surface area contributed by atoms with Crippen LogP contribution in [0, 0.1) is 0 Å². The number of hydrogen-bond donors (Lipinski definition) is 2. The van der Waals surface area contributed by atoms with E-state index in [2.05, 4.69) is 0 Å². The summed E-state index contributed by atoms with van der Waals surface area (Å²) in [4.78, 5) is 0. The predicted octanol–water partition coefficient (Wildman–Crippen LogP) is 0.935. The van der Waals surface area contributed by atoms with Gasteiger partial charge in [-0.25, -0.2) is 0 Å². The highest BCUT2D eigenvalue weighted by atomic mass is 32.2. The van der Waals surface area contributed by atoms with Crippen molar-refractivity contribution >= 4 is 23.5 Å². The number of aliphatic hydroxyl groups excluding tert-OH is 1. The monoisotopic (exact) mass is 207 g/mol. The highest BCUT2D eigenvalue weighted by Gasteiger charge is 2.30. The summed E-state index contributed by atoms with van der Waals surface area (Å²) in [6, 6.07) is 0. The van der Waals surface area contributed by atoms with E-state index >= 15 is 0 Å². The summed E-state index contributed by atoms with van der Waals surface area (Å²) in [6.45, 7) is 1.11. The van der Waals surface area contributed by atoms with E-state index in [9.17, 15) is 0 Å². The van der Waals surface area contributed by atoms with Crippen molar-refractivity contribution < 1.29 is 5.11 Å². The average Bonchev–Trinajstić information content (AvgIpc) is 2.04. The Morgan fingerprint density at radius 1 is 1.17 bits per heavy atom. The van der Waals surface area contributed by atoms with E-state index in [1.807, 2.05) is 23.5 Å². The second kappa shape index (κ2) is 6.13. The van der Waals surface area contributed by atoms with Crippen molar-refractivity contribution in [3.63, 3.8) is 0 Å². The van der Waals surface area contributed by atoms with Gasteiger partial charge in [0.25, 0.3) is 0 Å². The van der Waals surface area contributed by atoms with E-state index in [0.717, 1.165) is 28.6 Å². The van der Waals surface area contributed by atoms with Crippen LogP contribution in [0.1, 0.15) is 12.8 Å². The van der Waals surface area contributed by atoms with Crippen molar-refractivity contribution in [2.24, 2.45) is 5.73 Å². The fourth-order valence-corrected chi connectivity index (χ4v) is 3.87. The third-order valence-corrected chi connectivity index (χ3v) is 5.07. The molecule has 1 fully saturated rings. The first-order valence-electron chi connectivity index (χ1n) is 4.42. The molecule has 3 N–H and O–H groups in total. The summed E-state index contributed by atoms with van der Waals surface area (Å²) in [6.07, 6.45) is 2.67. The van der Waals surface area contributed by atoms with Gasteiger partial charge in [-0.3, -0.25) is 0 Å². The van der Waals surface area contributed by atoms with Crippen LogP contribution >= 0.6 is 23.5 Å². The maximum atomic E-state index is 8.65. The molecule has 0 spiro atoms. The van der Waals surface area contributed by atoms with Crippen molar-refractivity contribution in [2.75, 3.05) is 24.7 Å². The summed E-state index contributed by atoms with van der Waals surface area (Å²) in [5.74, 6) is 1.98. The molecule has 1 rings (SSSR count). The minimum Gasteiger partial charge on any atom is -0.396 e. The van der Waals surface area contributed by atoms with Crippen LogP contribution in [0.4, 0.5) is 0 Å². The summed E-state index contributed by atoms with van der Waals surface area (Å²) >= 11 is 3.90. The van der Waals surface area contributed by atoms with Crippen LogP contribution in [0.5, 0.6) is 0 Å². The minimum atomic E-state index is 0.315. The molecule has 1 aliphatic carbocycles.